The summed E-state index contributed by atoms with van der Waals surface area (Å²) in [5, 5.41) is 3.69. The van der Waals surface area contributed by atoms with Gasteiger partial charge in [0.2, 0.25) is 0 Å². The van der Waals surface area contributed by atoms with Crippen molar-refractivity contribution in [3.63, 3.8) is 0 Å². The molecular formula is C19H33NO. The van der Waals surface area contributed by atoms with E-state index in [-0.39, 0.29) is 0 Å². The Morgan fingerprint density at radius 1 is 1.00 bits per heavy atom. The van der Waals surface area contributed by atoms with Crippen molar-refractivity contribution in [2.75, 3.05) is 19.8 Å². The Labute approximate surface area is 131 Å². The molecule has 0 aliphatic carbocycles. The van der Waals surface area contributed by atoms with Gasteiger partial charge in [0, 0.05) is 19.3 Å². The average Bonchev–Trinajstić information content (AvgIpc) is 2.48. The smallest absolute Gasteiger partial charge is 0.0469 e. The molecule has 0 aliphatic heterocycles. The van der Waals surface area contributed by atoms with Crippen molar-refractivity contribution in [3.05, 3.63) is 35.9 Å². The Kier molecular flexibility index (Phi) is 9.36. The fraction of sp³-hybridized carbons (Fsp3) is 0.684. The number of hydrogen-bond acceptors (Lipinski definition) is 2. The lowest BCUT2D eigenvalue weighted by molar-refractivity contribution is 0.107. The van der Waals surface area contributed by atoms with Gasteiger partial charge in [-0.2, -0.15) is 0 Å². The van der Waals surface area contributed by atoms with Crippen LogP contribution in [0.25, 0.3) is 0 Å². The lowest BCUT2D eigenvalue weighted by Gasteiger charge is -2.26. The molecule has 21 heavy (non-hydrogen) atoms. The second-order valence-corrected chi connectivity index (χ2v) is 6.40. The van der Waals surface area contributed by atoms with E-state index in [2.05, 4.69) is 63.3 Å². The van der Waals surface area contributed by atoms with Crippen molar-refractivity contribution >= 4 is 0 Å². The monoisotopic (exact) mass is 291 g/mol. The summed E-state index contributed by atoms with van der Waals surface area (Å²) in [5.41, 5.74) is 1.39. The highest BCUT2D eigenvalue weighted by atomic mass is 16.5. The van der Waals surface area contributed by atoms with Gasteiger partial charge in [0.15, 0.2) is 0 Å². The lowest BCUT2D eigenvalue weighted by Crippen LogP contribution is -2.28. The van der Waals surface area contributed by atoms with Crippen molar-refractivity contribution in [1.29, 1.82) is 0 Å². The Bertz CT molecular complexity index is 350. The Hall–Kier alpha value is -0.860. The minimum Gasteiger partial charge on any atom is -0.381 e. The third-order valence-corrected chi connectivity index (χ3v) is 3.90. The molecule has 0 bridgehead atoms. The average molecular weight is 291 g/mol. The van der Waals surface area contributed by atoms with Crippen LogP contribution in [0, 0.1) is 11.8 Å². The van der Waals surface area contributed by atoms with Gasteiger partial charge in [0.25, 0.3) is 0 Å². The van der Waals surface area contributed by atoms with Crippen LogP contribution in [0.15, 0.2) is 30.3 Å². The molecule has 1 rings (SSSR count). The molecule has 0 heterocycles. The van der Waals surface area contributed by atoms with Crippen LogP contribution >= 0.6 is 0 Å². The van der Waals surface area contributed by atoms with Crippen molar-refractivity contribution in [2.24, 2.45) is 11.8 Å². The molecule has 2 heteroatoms. The Balaban J connectivity index is 2.42. The van der Waals surface area contributed by atoms with Crippen molar-refractivity contribution in [1.82, 2.24) is 5.32 Å². The van der Waals surface area contributed by atoms with E-state index in [4.69, 9.17) is 4.74 Å². The zero-order valence-electron chi connectivity index (χ0n) is 14.3. The lowest BCUT2D eigenvalue weighted by atomic mass is 9.92. The SMILES string of the molecule is CCCNC(c1ccccc1)C(C)CCOCCC(C)C. The van der Waals surface area contributed by atoms with Gasteiger partial charge in [-0.25, -0.2) is 0 Å². The fourth-order valence-corrected chi connectivity index (χ4v) is 2.46. The third-order valence-electron chi connectivity index (χ3n) is 3.90. The van der Waals surface area contributed by atoms with E-state index in [0.29, 0.717) is 12.0 Å². The molecular weight excluding hydrogens is 258 g/mol. The summed E-state index contributed by atoms with van der Waals surface area (Å²) in [4.78, 5) is 0. The van der Waals surface area contributed by atoms with Crippen molar-refractivity contribution < 1.29 is 4.74 Å². The quantitative estimate of drug-likeness (QED) is 0.590. The molecule has 0 amide bonds. The van der Waals surface area contributed by atoms with Gasteiger partial charge in [-0.3, -0.25) is 0 Å². The summed E-state index contributed by atoms with van der Waals surface area (Å²) in [6.07, 6.45) is 3.43. The molecule has 0 spiro atoms. The van der Waals surface area contributed by atoms with Crippen LogP contribution < -0.4 is 5.32 Å². The third kappa shape index (κ3) is 7.63. The van der Waals surface area contributed by atoms with Gasteiger partial charge in [-0.1, -0.05) is 58.0 Å². The molecule has 0 saturated heterocycles. The number of hydrogen-bond donors (Lipinski definition) is 1. The standard InChI is InChI=1S/C19H33NO/c1-5-13-20-19(18-9-7-6-8-10-18)17(4)12-15-21-14-11-16(2)3/h6-10,16-17,19-20H,5,11-15H2,1-4H3. The first-order chi connectivity index (χ1) is 10.1. The van der Waals surface area contributed by atoms with E-state index < -0.39 is 0 Å². The summed E-state index contributed by atoms with van der Waals surface area (Å²) in [6, 6.07) is 11.2. The summed E-state index contributed by atoms with van der Waals surface area (Å²) in [5.74, 6) is 1.31. The normalized spacial score (nSPS) is 14.3. The fourth-order valence-electron chi connectivity index (χ4n) is 2.46. The number of rotatable bonds is 11. The van der Waals surface area contributed by atoms with Crippen LogP contribution in [0.4, 0.5) is 0 Å². The molecule has 1 aromatic rings. The molecule has 0 radical (unpaired) electrons. The van der Waals surface area contributed by atoms with Crippen LogP contribution in [0.1, 0.15) is 58.6 Å². The Morgan fingerprint density at radius 3 is 2.29 bits per heavy atom. The second kappa shape index (κ2) is 10.8. The molecule has 1 N–H and O–H groups in total. The first-order valence-electron chi connectivity index (χ1n) is 8.51. The summed E-state index contributed by atoms with van der Waals surface area (Å²) < 4.78 is 5.78. The highest BCUT2D eigenvalue weighted by molar-refractivity contribution is 5.19. The molecule has 0 saturated carbocycles. The molecule has 1 aromatic carbocycles. The molecule has 120 valence electrons. The van der Waals surface area contributed by atoms with E-state index in [0.717, 1.165) is 38.5 Å². The van der Waals surface area contributed by atoms with Crippen molar-refractivity contribution in [2.45, 2.75) is 53.0 Å². The van der Waals surface area contributed by atoms with Gasteiger partial charge in [0.1, 0.15) is 0 Å². The summed E-state index contributed by atoms with van der Waals surface area (Å²) in [6.45, 7) is 11.9. The van der Waals surface area contributed by atoms with E-state index in [1.54, 1.807) is 0 Å². The maximum absolute atomic E-state index is 5.78. The van der Waals surface area contributed by atoms with Gasteiger partial charge in [-0.05, 0) is 43.2 Å². The first-order valence-corrected chi connectivity index (χ1v) is 8.51. The van der Waals surface area contributed by atoms with Crippen LogP contribution in [-0.2, 0) is 4.74 Å². The minimum absolute atomic E-state index is 0.430. The van der Waals surface area contributed by atoms with Crippen LogP contribution in [0.2, 0.25) is 0 Å². The zero-order valence-corrected chi connectivity index (χ0v) is 14.3. The van der Waals surface area contributed by atoms with Gasteiger partial charge in [0.05, 0.1) is 0 Å². The zero-order chi connectivity index (χ0) is 15.5. The van der Waals surface area contributed by atoms with E-state index in [1.165, 1.54) is 12.0 Å². The van der Waals surface area contributed by atoms with E-state index >= 15 is 0 Å². The maximum atomic E-state index is 5.78. The first kappa shape index (κ1) is 18.2. The highest BCUT2D eigenvalue weighted by Crippen LogP contribution is 2.24. The minimum atomic E-state index is 0.430. The number of benzene rings is 1. The van der Waals surface area contributed by atoms with E-state index in [9.17, 15) is 0 Å². The predicted molar refractivity (Wildman–Crippen MR) is 91.5 cm³/mol. The van der Waals surface area contributed by atoms with E-state index in [1.807, 2.05) is 0 Å². The predicted octanol–water partition coefficient (Wildman–Crippen LogP) is 4.82. The van der Waals surface area contributed by atoms with Gasteiger partial charge >= 0.3 is 0 Å². The van der Waals surface area contributed by atoms with Gasteiger partial charge < -0.3 is 10.1 Å². The molecule has 0 aromatic heterocycles. The summed E-state index contributed by atoms with van der Waals surface area (Å²) >= 11 is 0. The van der Waals surface area contributed by atoms with Gasteiger partial charge in [-0.15, -0.1) is 0 Å². The second-order valence-electron chi connectivity index (χ2n) is 6.40. The van der Waals surface area contributed by atoms with Crippen LogP contribution in [0.5, 0.6) is 0 Å². The largest absolute Gasteiger partial charge is 0.381 e. The topological polar surface area (TPSA) is 21.3 Å². The molecule has 0 aliphatic rings. The van der Waals surface area contributed by atoms with Crippen molar-refractivity contribution in [3.8, 4) is 0 Å². The number of ether oxygens (including phenoxy) is 1. The molecule has 0 fully saturated rings. The highest BCUT2D eigenvalue weighted by Gasteiger charge is 2.18. The van der Waals surface area contributed by atoms with Crippen LogP contribution in [-0.4, -0.2) is 19.8 Å². The van der Waals surface area contributed by atoms with Crippen LogP contribution in [0.3, 0.4) is 0 Å². The summed E-state index contributed by atoms with van der Waals surface area (Å²) in [7, 11) is 0. The Morgan fingerprint density at radius 2 is 1.67 bits per heavy atom. The molecule has 2 nitrogen and oxygen atoms in total. The number of nitrogens with one attached hydrogen (secondary N) is 1. The molecule has 2 unspecified atom stereocenters. The maximum Gasteiger partial charge on any atom is 0.0469 e. The molecule has 2 atom stereocenters.